The van der Waals surface area contributed by atoms with Crippen LogP contribution in [0.4, 0.5) is 0 Å². The van der Waals surface area contributed by atoms with E-state index in [-0.39, 0.29) is 0 Å². The van der Waals surface area contributed by atoms with Crippen molar-refractivity contribution in [3.05, 3.63) is 0 Å². The summed E-state index contributed by atoms with van der Waals surface area (Å²) in [5, 5.41) is 3.60. The monoisotopic (exact) mass is 280 g/mol. The third-order valence-electron chi connectivity index (χ3n) is 5.79. The van der Waals surface area contributed by atoms with E-state index in [1.807, 2.05) is 0 Å². The molecule has 3 rings (SSSR count). The maximum absolute atomic E-state index is 6.22. The Labute approximate surface area is 124 Å². The van der Waals surface area contributed by atoms with Crippen molar-refractivity contribution in [3.63, 3.8) is 0 Å². The smallest absolute Gasteiger partial charge is 0.0707 e. The Morgan fingerprint density at radius 3 is 2.45 bits per heavy atom. The van der Waals surface area contributed by atoms with Gasteiger partial charge >= 0.3 is 0 Å². The molecule has 2 heterocycles. The van der Waals surface area contributed by atoms with Gasteiger partial charge in [-0.1, -0.05) is 20.3 Å². The molecule has 0 spiro atoms. The molecule has 0 aromatic heterocycles. The molecule has 0 amide bonds. The summed E-state index contributed by atoms with van der Waals surface area (Å²) in [5.74, 6) is 0. The Morgan fingerprint density at radius 2 is 1.80 bits per heavy atom. The molecule has 1 N–H and O–H groups in total. The third-order valence-corrected chi connectivity index (χ3v) is 5.79. The van der Waals surface area contributed by atoms with E-state index in [2.05, 4.69) is 24.1 Å². The fourth-order valence-corrected chi connectivity index (χ4v) is 3.57. The van der Waals surface area contributed by atoms with E-state index in [0.29, 0.717) is 17.6 Å². The quantitative estimate of drug-likeness (QED) is 0.810. The van der Waals surface area contributed by atoms with Gasteiger partial charge in [-0.05, 0) is 57.0 Å². The molecule has 0 aromatic rings. The Hall–Kier alpha value is -0.120. The molecule has 2 saturated heterocycles. The van der Waals surface area contributed by atoms with Crippen LogP contribution in [0, 0.1) is 5.41 Å². The van der Waals surface area contributed by atoms with Gasteiger partial charge in [0, 0.05) is 19.1 Å². The van der Waals surface area contributed by atoms with Crippen molar-refractivity contribution < 1.29 is 4.74 Å². The van der Waals surface area contributed by atoms with Crippen LogP contribution < -0.4 is 5.32 Å². The number of hydrogen-bond donors (Lipinski definition) is 1. The van der Waals surface area contributed by atoms with Crippen molar-refractivity contribution in [1.29, 1.82) is 0 Å². The molecule has 2 aliphatic heterocycles. The van der Waals surface area contributed by atoms with Gasteiger partial charge in [0.05, 0.1) is 12.2 Å². The number of likely N-dealkylation sites (tertiary alicyclic amines) is 1. The maximum Gasteiger partial charge on any atom is 0.0707 e. The lowest BCUT2D eigenvalue weighted by molar-refractivity contribution is 0.00913. The van der Waals surface area contributed by atoms with Crippen molar-refractivity contribution in [2.24, 2.45) is 5.41 Å². The van der Waals surface area contributed by atoms with Gasteiger partial charge in [0.1, 0.15) is 0 Å². The molecule has 3 fully saturated rings. The van der Waals surface area contributed by atoms with E-state index in [9.17, 15) is 0 Å². The first-order valence-electron chi connectivity index (χ1n) is 8.78. The van der Waals surface area contributed by atoms with Crippen LogP contribution in [0.2, 0.25) is 0 Å². The topological polar surface area (TPSA) is 24.5 Å². The van der Waals surface area contributed by atoms with Crippen LogP contribution >= 0.6 is 0 Å². The van der Waals surface area contributed by atoms with Gasteiger partial charge in [-0.3, -0.25) is 0 Å². The molecule has 0 aromatic carbocycles. The summed E-state index contributed by atoms with van der Waals surface area (Å²) < 4.78 is 6.22. The summed E-state index contributed by atoms with van der Waals surface area (Å²) in [6.07, 6.45) is 10.3. The standard InChI is InChI=1S/C17H32N2O/c1-3-17(2)8-10-19(11-9-17)13-16-7-6-15(20-16)12-18-14-4-5-14/h14-16,18H,3-13H2,1-2H3. The fraction of sp³-hybridized carbons (Fsp3) is 1.00. The van der Waals surface area contributed by atoms with Crippen LogP contribution in [0.25, 0.3) is 0 Å². The second kappa shape index (κ2) is 6.33. The molecule has 3 aliphatic rings. The highest BCUT2D eigenvalue weighted by molar-refractivity contribution is 4.86. The van der Waals surface area contributed by atoms with Gasteiger partial charge in [-0.15, -0.1) is 0 Å². The minimum Gasteiger partial charge on any atom is -0.372 e. The Morgan fingerprint density at radius 1 is 1.10 bits per heavy atom. The first kappa shape index (κ1) is 14.8. The van der Waals surface area contributed by atoms with Gasteiger partial charge in [0.15, 0.2) is 0 Å². The van der Waals surface area contributed by atoms with E-state index in [1.54, 1.807) is 0 Å². The van der Waals surface area contributed by atoms with Crippen LogP contribution in [0.15, 0.2) is 0 Å². The molecular weight excluding hydrogens is 248 g/mol. The lowest BCUT2D eigenvalue weighted by Crippen LogP contribution is -2.42. The highest BCUT2D eigenvalue weighted by Gasteiger charge is 2.32. The fourth-order valence-electron chi connectivity index (χ4n) is 3.57. The molecule has 3 nitrogen and oxygen atoms in total. The number of piperidine rings is 1. The average molecular weight is 280 g/mol. The largest absolute Gasteiger partial charge is 0.372 e. The van der Waals surface area contributed by atoms with Crippen LogP contribution in [0.3, 0.4) is 0 Å². The van der Waals surface area contributed by atoms with Crippen molar-refractivity contribution in [1.82, 2.24) is 10.2 Å². The summed E-state index contributed by atoms with van der Waals surface area (Å²) in [5.41, 5.74) is 0.601. The summed E-state index contributed by atoms with van der Waals surface area (Å²) in [6, 6.07) is 0.812. The van der Waals surface area contributed by atoms with Gasteiger partial charge in [0.25, 0.3) is 0 Å². The number of hydrogen-bond acceptors (Lipinski definition) is 3. The summed E-state index contributed by atoms with van der Waals surface area (Å²) in [4.78, 5) is 2.64. The normalized spacial score (nSPS) is 34.5. The molecule has 1 saturated carbocycles. The van der Waals surface area contributed by atoms with Crippen molar-refractivity contribution in [3.8, 4) is 0 Å². The van der Waals surface area contributed by atoms with E-state index < -0.39 is 0 Å². The van der Waals surface area contributed by atoms with Crippen molar-refractivity contribution >= 4 is 0 Å². The predicted octanol–water partition coefficient (Wildman–Crippen LogP) is 2.80. The first-order valence-corrected chi connectivity index (χ1v) is 8.78. The van der Waals surface area contributed by atoms with Crippen LogP contribution in [-0.4, -0.2) is 49.3 Å². The molecule has 2 atom stereocenters. The lowest BCUT2D eigenvalue weighted by Gasteiger charge is -2.39. The molecular formula is C17H32N2O. The molecule has 2 unspecified atom stereocenters. The zero-order valence-electron chi connectivity index (χ0n) is 13.4. The zero-order valence-corrected chi connectivity index (χ0v) is 13.4. The Bertz CT molecular complexity index is 308. The first-order chi connectivity index (χ1) is 9.67. The van der Waals surface area contributed by atoms with Crippen LogP contribution in [0.5, 0.6) is 0 Å². The second-order valence-corrected chi connectivity index (χ2v) is 7.60. The number of nitrogens with zero attached hydrogens (tertiary/aromatic N) is 1. The molecule has 116 valence electrons. The minimum absolute atomic E-state index is 0.478. The van der Waals surface area contributed by atoms with E-state index >= 15 is 0 Å². The lowest BCUT2D eigenvalue weighted by atomic mass is 9.78. The van der Waals surface area contributed by atoms with Gasteiger partial charge in [-0.25, -0.2) is 0 Å². The van der Waals surface area contributed by atoms with E-state index in [4.69, 9.17) is 4.74 Å². The molecule has 0 radical (unpaired) electrons. The predicted molar refractivity (Wildman–Crippen MR) is 83.0 cm³/mol. The average Bonchev–Trinajstić information content (AvgIpc) is 3.19. The zero-order chi connectivity index (χ0) is 14.0. The number of nitrogens with one attached hydrogen (secondary N) is 1. The number of rotatable bonds is 6. The summed E-state index contributed by atoms with van der Waals surface area (Å²) in [7, 11) is 0. The molecule has 20 heavy (non-hydrogen) atoms. The maximum atomic E-state index is 6.22. The molecule has 3 heteroatoms. The highest BCUT2D eigenvalue weighted by Crippen LogP contribution is 2.34. The third kappa shape index (κ3) is 3.96. The van der Waals surface area contributed by atoms with Crippen LogP contribution in [0.1, 0.15) is 58.8 Å². The Balaban J connectivity index is 1.34. The second-order valence-electron chi connectivity index (χ2n) is 7.60. The van der Waals surface area contributed by atoms with Gasteiger partial charge in [0.2, 0.25) is 0 Å². The number of ether oxygens (including phenoxy) is 1. The van der Waals surface area contributed by atoms with Crippen LogP contribution in [-0.2, 0) is 4.74 Å². The minimum atomic E-state index is 0.478. The van der Waals surface area contributed by atoms with Gasteiger partial charge in [-0.2, -0.15) is 0 Å². The SMILES string of the molecule is CCC1(C)CCN(CC2CCC(CNC3CC3)O2)CC1. The van der Waals surface area contributed by atoms with E-state index in [1.165, 1.54) is 64.6 Å². The molecule has 1 aliphatic carbocycles. The van der Waals surface area contributed by atoms with Gasteiger partial charge < -0.3 is 15.0 Å². The highest BCUT2D eigenvalue weighted by atomic mass is 16.5. The molecule has 0 bridgehead atoms. The van der Waals surface area contributed by atoms with E-state index in [0.717, 1.165) is 12.6 Å². The summed E-state index contributed by atoms with van der Waals surface area (Å²) in [6.45, 7) is 9.59. The van der Waals surface area contributed by atoms with Crippen molar-refractivity contribution in [2.75, 3.05) is 26.2 Å². The Kier molecular flexibility index (Phi) is 4.68. The summed E-state index contributed by atoms with van der Waals surface area (Å²) >= 11 is 0. The van der Waals surface area contributed by atoms with Crippen molar-refractivity contribution in [2.45, 2.75) is 77.0 Å².